The van der Waals surface area contributed by atoms with Gasteiger partial charge in [-0.25, -0.2) is 4.79 Å². The average Bonchev–Trinajstić information content (AvgIpc) is 2.69. The molecule has 3 N–H and O–H groups in total. The zero-order valence-electron chi connectivity index (χ0n) is 14.6. The van der Waals surface area contributed by atoms with E-state index in [-0.39, 0.29) is 11.3 Å². The van der Waals surface area contributed by atoms with E-state index in [1.807, 2.05) is 6.07 Å². The summed E-state index contributed by atoms with van der Waals surface area (Å²) in [7, 11) is 0. The Balaban J connectivity index is 1.53. The second-order valence-corrected chi connectivity index (χ2v) is 6.66. The molecule has 0 aliphatic heterocycles. The molecule has 0 amide bonds. The van der Waals surface area contributed by atoms with E-state index in [2.05, 4.69) is 33.7 Å². The molecule has 1 aromatic heterocycles. The van der Waals surface area contributed by atoms with Crippen LogP contribution in [0.25, 0.3) is 11.3 Å². The van der Waals surface area contributed by atoms with Crippen LogP contribution in [0.15, 0.2) is 48.5 Å². The van der Waals surface area contributed by atoms with Crippen LogP contribution in [0.3, 0.4) is 0 Å². The summed E-state index contributed by atoms with van der Waals surface area (Å²) in [5.41, 5.74) is 5.05. The van der Waals surface area contributed by atoms with Crippen molar-refractivity contribution in [2.24, 2.45) is 0 Å². The summed E-state index contributed by atoms with van der Waals surface area (Å²) in [6.45, 7) is 0. The molecule has 0 spiro atoms. The number of carboxylic acid groups (broad SMARTS) is 1. The molecule has 4 rings (SSSR count). The molecule has 6 heteroatoms. The number of aromatic hydroxyl groups is 1. The number of aromatic nitrogens is 2. The van der Waals surface area contributed by atoms with Crippen LogP contribution < -0.4 is 5.32 Å². The highest BCUT2D eigenvalue weighted by molar-refractivity contribution is 5.89. The van der Waals surface area contributed by atoms with Crippen LogP contribution in [0, 0.1) is 0 Å². The van der Waals surface area contributed by atoms with Gasteiger partial charge in [0, 0.05) is 5.56 Å². The zero-order valence-corrected chi connectivity index (χ0v) is 14.6. The largest absolute Gasteiger partial charge is 0.506 e. The van der Waals surface area contributed by atoms with Gasteiger partial charge in [-0.3, -0.25) is 0 Å². The number of phenolic OH excluding ortho intramolecular Hbond substituents is 1. The smallest absolute Gasteiger partial charge is 0.335 e. The number of aryl methyl sites for hydroxylation is 2. The summed E-state index contributed by atoms with van der Waals surface area (Å²) in [6, 6.07) is 14.2. The van der Waals surface area contributed by atoms with Crippen LogP contribution in [0.2, 0.25) is 0 Å². The molecule has 2 aromatic carbocycles. The number of carboxylic acids is 1. The number of anilines is 2. The van der Waals surface area contributed by atoms with Crippen molar-refractivity contribution >= 4 is 17.5 Å². The predicted octanol–water partition coefficient (Wildman–Crippen LogP) is 4.17. The van der Waals surface area contributed by atoms with Gasteiger partial charge in [0.05, 0.1) is 16.9 Å². The fourth-order valence-electron chi connectivity index (χ4n) is 3.35. The number of phenols is 1. The Kier molecular flexibility index (Phi) is 4.46. The maximum atomic E-state index is 10.9. The lowest BCUT2D eigenvalue weighted by molar-refractivity contribution is 0.0696. The fourth-order valence-corrected chi connectivity index (χ4v) is 3.35. The molecule has 0 fully saturated rings. The molecule has 0 unspecified atom stereocenters. The highest BCUT2D eigenvalue weighted by Crippen LogP contribution is 2.29. The van der Waals surface area contributed by atoms with E-state index in [1.165, 1.54) is 42.2 Å². The van der Waals surface area contributed by atoms with Crippen LogP contribution in [0.4, 0.5) is 11.5 Å². The average molecular weight is 361 g/mol. The minimum Gasteiger partial charge on any atom is -0.506 e. The minimum atomic E-state index is -1.09. The van der Waals surface area contributed by atoms with E-state index in [0.717, 1.165) is 24.1 Å². The monoisotopic (exact) mass is 361 g/mol. The lowest BCUT2D eigenvalue weighted by Crippen LogP contribution is -2.03. The van der Waals surface area contributed by atoms with Crippen molar-refractivity contribution in [2.45, 2.75) is 25.7 Å². The maximum absolute atomic E-state index is 10.9. The first-order chi connectivity index (χ1) is 13.1. The zero-order chi connectivity index (χ0) is 18.8. The second kappa shape index (κ2) is 7.07. The molecule has 6 nitrogen and oxygen atoms in total. The molecular formula is C21H19N3O3. The van der Waals surface area contributed by atoms with Crippen molar-refractivity contribution in [3.8, 4) is 17.0 Å². The van der Waals surface area contributed by atoms with Crippen molar-refractivity contribution in [3.63, 3.8) is 0 Å². The van der Waals surface area contributed by atoms with E-state index >= 15 is 0 Å². The van der Waals surface area contributed by atoms with E-state index in [1.54, 1.807) is 6.07 Å². The number of carbonyl (C=O) groups is 1. The number of aromatic carboxylic acids is 1. The van der Waals surface area contributed by atoms with Gasteiger partial charge < -0.3 is 15.5 Å². The number of nitrogens with zero attached hydrogens (tertiary/aromatic N) is 2. The lowest BCUT2D eigenvalue weighted by atomic mass is 9.90. The lowest BCUT2D eigenvalue weighted by Gasteiger charge is -2.16. The van der Waals surface area contributed by atoms with Gasteiger partial charge in [-0.05, 0) is 73.2 Å². The van der Waals surface area contributed by atoms with Crippen LogP contribution in [-0.2, 0) is 12.8 Å². The Hall–Kier alpha value is -3.41. The predicted molar refractivity (Wildman–Crippen MR) is 102 cm³/mol. The molecule has 0 saturated carbocycles. The van der Waals surface area contributed by atoms with E-state index in [0.29, 0.717) is 11.5 Å². The summed E-state index contributed by atoms with van der Waals surface area (Å²) in [4.78, 5) is 10.9. The Morgan fingerprint density at radius 1 is 0.926 bits per heavy atom. The number of benzene rings is 2. The van der Waals surface area contributed by atoms with Gasteiger partial charge in [0.1, 0.15) is 5.75 Å². The molecular weight excluding hydrogens is 342 g/mol. The second-order valence-electron chi connectivity index (χ2n) is 6.66. The standard InChI is InChI=1S/C21H19N3O3/c25-19-12-16(21(26)27)7-8-18(19)22-20-10-9-17(23-24-20)15-6-5-13-3-1-2-4-14(13)11-15/h5-12,25H,1-4H2,(H,22,24)(H,26,27). The third-order valence-electron chi connectivity index (χ3n) is 4.82. The van der Waals surface area contributed by atoms with Crippen LogP contribution in [0.1, 0.15) is 34.3 Å². The summed E-state index contributed by atoms with van der Waals surface area (Å²) in [5, 5.41) is 30.3. The molecule has 1 aliphatic rings. The van der Waals surface area contributed by atoms with Crippen LogP contribution in [0.5, 0.6) is 5.75 Å². The molecule has 1 heterocycles. The van der Waals surface area contributed by atoms with Gasteiger partial charge >= 0.3 is 5.97 Å². The van der Waals surface area contributed by atoms with Crippen molar-refractivity contribution in [2.75, 3.05) is 5.32 Å². The molecule has 27 heavy (non-hydrogen) atoms. The number of fused-ring (bicyclic) bond motifs is 1. The topological polar surface area (TPSA) is 95.3 Å². The number of rotatable bonds is 4. The Labute approximate surface area is 156 Å². The van der Waals surface area contributed by atoms with Crippen LogP contribution in [-0.4, -0.2) is 26.4 Å². The quantitative estimate of drug-likeness (QED) is 0.604. The van der Waals surface area contributed by atoms with E-state index < -0.39 is 5.97 Å². The first-order valence-corrected chi connectivity index (χ1v) is 8.89. The van der Waals surface area contributed by atoms with E-state index in [4.69, 9.17) is 5.11 Å². The molecule has 1 aliphatic carbocycles. The summed E-state index contributed by atoms with van der Waals surface area (Å²) < 4.78 is 0. The van der Waals surface area contributed by atoms with Crippen LogP contribution >= 0.6 is 0 Å². The normalized spacial score (nSPS) is 13.0. The van der Waals surface area contributed by atoms with Gasteiger partial charge in [0.25, 0.3) is 0 Å². The summed E-state index contributed by atoms with van der Waals surface area (Å²) in [5.74, 6) is -0.781. The fraction of sp³-hybridized carbons (Fsp3) is 0.190. The highest BCUT2D eigenvalue weighted by atomic mass is 16.4. The first-order valence-electron chi connectivity index (χ1n) is 8.89. The van der Waals surface area contributed by atoms with Gasteiger partial charge in [-0.1, -0.05) is 12.1 Å². The van der Waals surface area contributed by atoms with E-state index in [9.17, 15) is 9.90 Å². The van der Waals surface area contributed by atoms with Gasteiger partial charge in [-0.15, -0.1) is 10.2 Å². The van der Waals surface area contributed by atoms with Gasteiger partial charge in [-0.2, -0.15) is 0 Å². The third kappa shape index (κ3) is 3.60. The number of nitrogens with one attached hydrogen (secondary N) is 1. The summed E-state index contributed by atoms with van der Waals surface area (Å²) >= 11 is 0. The minimum absolute atomic E-state index is 0.0203. The molecule has 0 atom stereocenters. The van der Waals surface area contributed by atoms with Crippen molar-refractivity contribution < 1.29 is 15.0 Å². The number of hydrogen-bond donors (Lipinski definition) is 3. The van der Waals surface area contributed by atoms with Gasteiger partial charge in [0.15, 0.2) is 5.82 Å². The SMILES string of the molecule is O=C(O)c1ccc(Nc2ccc(-c3ccc4c(c3)CCCC4)nn2)c(O)c1. The first kappa shape index (κ1) is 17.0. The Morgan fingerprint density at radius 3 is 2.44 bits per heavy atom. The molecule has 136 valence electrons. The molecule has 0 saturated heterocycles. The van der Waals surface area contributed by atoms with Gasteiger partial charge in [0.2, 0.25) is 0 Å². The highest BCUT2D eigenvalue weighted by Gasteiger charge is 2.12. The Morgan fingerprint density at radius 2 is 1.74 bits per heavy atom. The molecule has 3 aromatic rings. The van der Waals surface area contributed by atoms with Crippen molar-refractivity contribution in [1.82, 2.24) is 10.2 Å². The van der Waals surface area contributed by atoms with Crippen molar-refractivity contribution in [3.05, 3.63) is 65.2 Å². The third-order valence-corrected chi connectivity index (χ3v) is 4.82. The maximum Gasteiger partial charge on any atom is 0.335 e. The summed E-state index contributed by atoms with van der Waals surface area (Å²) in [6.07, 6.45) is 4.75. The molecule has 0 bridgehead atoms. The Bertz CT molecular complexity index is 1000. The number of hydrogen-bond acceptors (Lipinski definition) is 5. The molecule has 0 radical (unpaired) electrons. The van der Waals surface area contributed by atoms with Crippen molar-refractivity contribution in [1.29, 1.82) is 0 Å².